The Morgan fingerprint density at radius 2 is 1.86 bits per heavy atom. The molecular formula is C18H19NO8S. The van der Waals surface area contributed by atoms with E-state index < -0.39 is 16.0 Å². The lowest BCUT2D eigenvalue weighted by Crippen LogP contribution is -2.19. The first kappa shape index (κ1) is 19.8. The standard InChI is InChI=1S/C18H19NO8S/c1-24-6-7-25-13-2-4-14(5-3-13)28(22,23)19-12-10-15(18(20)21)17-16(11-12)26-8-9-27-17/h2-5,10-11,19H,6-9H2,1H3,(H,20,21). The van der Waals surface area contributed by atoms with Gasteiger partial charge in [0.15, 0.2) is 11.5 Å². The van der Waals surface area contributed by atoms with Gasteiger partial charge in [-0.05, 0) is 30.3 Å². The molecule has 1 heterocycles. The summed E-state index contributed by atoms with van der Waals surface area (Å²) >= 11 is 0. The number of fused-ring (bicyclic) bond motifs is 1. The molecule has 0 fully saturated rings. The van der Waals surface area contributed by atoms with Crippen molar-refractivity contribution in [2.45, 2.75) is 4.90 Å². The molecule has 0 saturated carbocycles. The highest BCUT2D eigenvalue weighted by atomic mass is 32.2. The number of carboxylic acids is 1. The van der Waals surface area contributed by atoms with Gasteiger partial charge in [0.2, 0.25) is 0 Å². The van der Waals surface area contributed by atoms with Crippen LogP contribution in [0.25, 0.3) is 0 Å². The maximum absolute atomic E-state index is 12.6. The molecule has 0 spiro atoms. The lowest BCUT2D eigenvalue weighted by Gasteiger charge is -2.21. The van der Waals surface area contributed by atoms with Gasteiger partial charge in [0.1, 0.15) is 31.1 Å². The third-order valence-corrected chi connectivity index (χ3v) is 5.21. The Labute approximate surface area is 161 Å². The third kappa shape index (κ3) is 4.46. The number of ether oxygens (including phenoxy) is 4. The zero-order chi connectivity index (χ0) is 20.1. The summed E-state index contributed by atoms with van der Waals surface area (Å²) in [7, 11) is -2.39. The lowest BCUT2D eigenvalue weighted by atomic mass is 10.1. The summed E-state index contributed by atoms with van der Waals surface area (Å²) in [6.07, 6.45) is 0. The SMILES string of the molecule is COCCOc1ccc(S(=O)(=O)Nc2cc3c(c(C(=O)O)c2)OCCO3)cc1. The van der Waals surface area contributed by atoms with E-state index in [0.29, 0.717) is 19.0 Å². The van der Waals surface area contributed by atoms with Crippen molar-refractivity contribution in [2.75, 3.05) is 38.3 Å². The summed E-state index contributed by atoms with van der Waals surface area (Å²) in [5.41, 5.74) is -0.126. The Hall–Kier alpha value is -2.98. The van der Waals surface area contributed by atoms with E-state index in [1.165, 1.54) is 36.4 Å². The van der Waals surface area contributed by atoms with E-state index >= 15 is 0 Å². The Morgan fingerprint density at radius 3 is 2.54 bits per heavy atom. The van der Waals surface area contributed by atoms with Gasteiger partial charge < -0.3 is 24.1 Å². The number of hydrogen-bond donors (Lipinski definition) is 2. The van der Waals surface area contributed by atoms with Crippen molar-refractivity contribution in [3.8, 4) is 17.2 Å². The molecule has 0 aromatic heterocycles. The van der Waals surface area contributed by atoms with Crippen LogP contribution in [0.1, 0.15) is 10.4 Å². The first-order chi connectivity index (χ1) is 13.4. The van der Waals surface area contributed by atoms with Gasteiger partial charge in [0.05, 0.1) is 17.2 Å². The van der Waals surface area contributed by atoms with E-state index in [1.807, 2.05) is 0 Å². The van der Waals surface area contributed by atoms with Crippen molar-refractivity contribution in [1.29, 1.82) is 0 Å². The van der Waals surface area contributed by atoms with Gasteiger partial charge in [-0.2, -0.15) is 0 Å². The molecule has 28 heavy (non-hydrogen) atoms. The lowest BCUT2D eigenvalue weighted by molar-refractivity contribution is 0.0686. The van der Waals surface area contributed by atoms with Gasteiger partial charge in [-0.15, -0.1) is 0 Å². The topological polar surface area (TPSA) is 120 Å². The number of carbonyl (C=O) groups is 1. The Kier molecular flexibility index (Phi) is 5.90. The van der Waals surface area contributed by atoms with Gasteiger partial charge in [-0.1, -0.05) is 0 Å². The summed E-state index contributed by atoms with van der Waals surface area (Å²) in [5.74, 6) is -0.492. The minimum absolute atomic E-state index is 0.00152. The van der Waals surface area contributed by atoms with Crippen LogP contribution < -0.4 is 18.9 Å². The molecule has 0 bridgehead atoms. The molecule has 0 aliphatic carbocycles. The second kappa shape index (κ2) is 8.36. The largest absolute Gasteiger partial charge is 0.491 e. The van der Waals surface area contributed by atoms with E-state index in [0.717, 1.165) is 0 Å². The predicted octanol–water partition coefficient (Wildman–Crippen LogP) is 1.98. The zero-order valence-electron chi connectivity index (χ0n) is 15.0. The maximum Gasteiger partial charge on any atom is 0.339 e. The molecule has 0 unspecified atom stereocenters. The first-order valence-electron chi connectivity index (χ1n) is 8.32. The Balaban J connectivity index is 1.82. The Bertz CT molecular complexity index is 956. The average molecular weight is 409 g/mol. The normalized spacial score (nSPS) is 13.0. The number of aromatic carboxylic acids is 1. The molecule has 0 atom stereocenters. The molecule has 10 heteroatoms. The fourth-order valence-electron chi connectivity index (χ4n) is 2.54. The smallest absolute Gasteiger partial charge is 0.339 e. The summed E-state index contributed by atoms with van der Waals surface area (Å²) in [4.78, 5) is 11.5. The van der Waals surface area contributed by atoms with E-state index in [1.54, 1.807) is 7.11 Å². The molecule has 3 rings (SSSR count). The van der Waals surface area contributed by atoms with Crippen molar-refractivity contribution in [3.05, 3.63) is 42.0 Å². The second-order valence-electron chi connectivity index (χ2n) is 5.77. The van der Waals surface area contributed by atoms with E-state index in [4.69, 9.17) is 18.9 Å². The number of benzene rings is 2. The molecule has 0 saturated heterocycles. The predicted molar refractivity (Wildman–Crippen MR) is 99.0 cm³/mol. The van der Waals surface area contributed by atoms with Crippen LogP contribution >= 0.6 is 0 Å². The molecule has 2 aromatic rings. The van der Waals surface area contributed by atoms with Crippen LogP contribution in [0.5, 0.6) is 17.2 Å². The van der Waals surface area contributed by atoms with Crippen molar-refractivity contribution >= 4 is 21.7 Å². The second-order valence-corrected chi connectivity index (χ2v) is 7.45. The number of nitrogens with one attached hydrogen (secondary N) is 1. The number of anilines is 1. The molecule has 2 N–H and O–H groups in total. The van der Waals surface area contributed by atoms with Crippen molar-refractivity contribution in [1.82, 2.24) is 0 Å². The highest BCUT2D eigenvalue weighted by molar-refractivity contribution is 7.92. The summed E-state index contributed by atoms with van der Waals surface area (Å²) in [5, 5.41) is 9.36. The quantitative estimate of drug-likeness (QED) is 0.635. The minimum Gasteiger partial charge on any atom is -0.491 e. The molecule has 9 nitrogen and oxygen atoms in total. The van der Waals surface area contributed by atoms with Gasteiger partial charge >= 0.3 is 5.97 Å². The van der Waals surface area contributed by atoms with Crippen LogP contribution in [0.3, 0.4) is 0 Å². The van der Waals surface area contributed by atoms with Crippen LogP contribution in [-0.2, 0) is 14.8 Å². The number of rotatable bonds is 8. The summed E-state index contributed by atoms with van der Waals surface area (Å²) in [6.45, 7) is 1.22. The van der Waals surface area contributed by atoms with Crippen LogP contribution in [0.4, 0.5) is 5.69 Å². The van der Waals surface area contributed by atoms with Gasteiger partial charge in [0.25, 0.3) is 10.0 Å². The number of sulfonamides is 1. The third-order valence-electron chi connectivity index (χ3n) is 3.81. The molecule has 0 radical (unpaired) electrons. The maximum atomic E-state index is 12.6. The van der Waals surface area contributed by atoms with Crippen LogP contribution in [0.2, 0.25) is 0 Å². The van der Waals surface area contributed by atoms with Gasteiger partial charge in [0, 0.05) is 13.2 Å². The number of methoxy groups -OCH3 is 1. The molecule has 1 aliphatic rings. The van der Waals surface area contributed by atoms with E-state index in [-0.39, 0.29) is 40.9 Å². The van der Waals surface area contributed by atoms with Crippen LogP contribution in [0, 0.1) is 0 Å². The van der Waals surface area contributed by atoms with Gasteiger partial charge in [-0.3, -0.25) is 4.72 Å². The molecule has 150 valence electrons. The van der Waals surface area contributed by atoms with Gasteiger partial charge in [-0.25, -0.2) is 13.2 Å². The van der Waals surface area contributed by atoms with E-state index in [2.05, 4.69) is 4.72 Å². The minimum atomic E-state index is -3.94. The Morgan fingerprint density at radius 1 is 1.14 bits per heavy atom. The fraction of sp³-hybridized carbons (Fsp3) is 0.278. The highest BCUT2D eigenvalue weighted by Crippen LogP contribution is 2.37. The summed E-state index contributed by atoms with van der Waals surface area (Å²) < 4.78 is 48.6. The highest BCUT2D eigenvalue weighted by Gasteiger charge is 2.24. The fourth-order valence-corrected chi connectivity index (χ4v) is 3.58. The molecule has 1 aliphatic heterocycles. The van der Waals surface area contributed by atoms with Crippen molar-refractivity contribution < 1.29 is 37.3 Å². The first-order valence-corrected chi connectivity index (χ1v) is 9.80. The monoisotopic (exact) mass is 409 g/mol. The number of carboxylic acid groups (broad SMARTS) is 1. The average Bonchev–Trinajstić information content (AvgIpc) is 2.67. The van der Waals surface area contributed by atoms with Crippen molar-refractivity contribution in [2.24, 2.45) is 0 Å². The molecular weight excluding hydrogens is 390 g/mol. The molecule has 2 aromatic carbocycles. The summed E-state index contributed by atoms with van der Waals surface area (Å²) in [6, 6.07) is 8.41. The van der Waals surface area contributed by atoms with Crippen LogP contribution in [0.15, 0.2) is 41.3 Å². The molecule has 0 amide bonds. The van der Waals surface area contributed by atoms with Crippen molar-refractivity contribution in [3.63, 3.8) is 0 Å². The number of hydrogen-bond acceptors (Lipinski definition) is 7. The van der Waals surface area contributed by atoms with Crippen LogP contribution in [-0.4, -0.2) is 53.0 Å². The van der Waals surface area contributed by atoms with E-state index in [9.17, 15) is 18.3 Å². The zero-order valence-corrected chi connectivity index (χ0v) is 15.8.